The molecular formula is C14H14N2O2S. The Bertz CT molecular complexity index is 588. The van der Waals surface area contributed by atoms with Crippen molar-refractivity contribution in [2.75, 3.05) is 7.11 Å². The number of methoxy groups -OCH3 is 1. The van der Waals surface area contributed by atoms with Crippen LogP contribution in [0.15, 0.2) is 41.5 Å². The summed E-state index contributed by atoms with van der Waals surface area (Å²) >= 11 is 1.62. The molecule has 0 fully saturated rings. The van der Waals surface area contributed by atoms with Gasteiger partial charge in [-0.1, -0.05) is 0 Å². The Labute approximate surface area is 115 Å². The predicted octanol–water partition coefficient (Wildman–Crippen LogP) is 2.83. The van der Waals surface area contributed by atoms with E-state index in [1.165, 1.54) is 4.88 Å². The minimum absolute atomic E-state index is 0.243. The van der Waals surface area contributed by atoms with Crippen LogP contribution < -0.4 is 10.2 Å². The first-order valence-electron chi connectivity index (χ1n) is 5.73. The van der Waals surface area contributed by atoms with E-state index in [4.69, 9.17) is 4.74 Å². The van der Waals surface area contributed by atoms with E-state index in [-0.39, 0.29) is 5.91 Å². The summed E-state index contributed by atoms with van der Waals surface area (Å²) < 4.78 is 5.03. The van der Waals surface area contributed by atoms with Crippen LogP contribution in [0.5, 0.6) is 5.75 Å². The number of benzene rings is 1. The molecule has 1 aromatic carbocycles. The number of amides is 1. The van der Waals surface area contributed by atoms with Crippen molar-refractivity contribution in [3.63, 3.8) is 0 Å². The van der Waals surface area contributed by atoms with Crippen LogP contribution in [0.2, 0.25) is 0 Å². The molecule has 0 atom stereocenters. The summed E-state index contributed by atoms with van der Waals surface area (Å²) in [4.78, 5) is 14.0. The summed E-state index contributed by atoms with van der Waals surface area (Å²) in [5.41, 5.74) is 3.03. The molecule has 2 aromatic rings. The number of hydrogen-bond donors (Lipinski definition) is 1. The number of hydrazone groups is 1. The van der Waals surface area contributed by atoms with Gasteiger partial charge in [0.1, 0.15) is 5.75 Å². The summed E-state index contributed by atoms with van der Waals surface area (Å²) in [5, 5.41) is 3.93. The molecule has 2 rings (SSSR count). The van der Waals surface area contributed by atoms with Crippen molar-refractivity contribution >= 4 is 23.5 Å². The highest BCUT2D eigenvalue weighted by Gasteiger charge is 2.03. The van der Waals surface area contributed by atoms with Gasteiger partial charge in [-0.15, -0.1) is 11.3 Å². The molecule has 0 radical (unpaired) electrons. The van der Waals surface area contributed by atoms with Crippen molar-refractivity contribution in [3.8, 4) is 5.75 Å². The second-order valence-electron chi connectivity index (χ2n) is 3.88. The number of thiophene rings is 1. The monoisotopic (exact) mass is 274 g/mol. The molecule has 0 aliphatic rings. The number of carbonyl (C=O) groups is 1. The Balaban J connectivity index is 1.95. The van der Waals surface area contributed by atoms with Crippen LogP contribution in [0.1, 0.15) is 20.1 Å². The number of nitrogens with zero attached hydrogens (tertiary/aromatic N) is 1. The average Bonchev–Trinajstić information content (AvgIpc) is 2.84. The molecule has 0 aliphatic carbocycles. The van der Waals surface area contributed by atoms with Gasteiger partial charge >= 0.3 is 0 Å². The molecule has 5 heteroatoms. The normalized spacial score (nSPS) is 10.6. The zero-order valence-corrected chi connectivity index (χ0v) is 11.5. The smallest absolute Gasteiger partial charge is 0.271 e. The first kappa shape index (κ1) is 13.3. The summed E-state index contributed by atoms with van der Waals surface area (Å²) in [6.07, 6.45) is 1.64. The zero-order chi connectivity index (χ0) is 13.7. The van der Waals surface area contributed by atoms with Crippen molar-refractivity contribution in [1.29, 1.82) is 0 Å². The minimum Gasteiger partial charge on any atom is -0.497 e. The van der Waals surface area contributed by atoms with Crippen LogP contribution in [0.4, 0.5) is 0 Å². The fraction of sp³-hybridized carbons (Fsp3) is 0.143. The van der Waals surface area contributed by atoms with Gasteiger partial charge in [0.2, 0.25) is 0 Å². The minimum atomic E-state index is -0.243. The second kappa shape index (κ2) is 6.15. The molecule has 1 N–H and O–H groups in total. The highest BCUT2D eigenvalue weighted by Crippen LogP contribution is 2.13. The van der Waals surface area contributed by atoms with Gasteiger partial charge in [0, 0.05) is 15.3 Å². The second-order valence-corrected chi connectivity index (χ2v) is 5.20. The van der Waals surface area contributed by atoms with Gasteiger partial charge < -0.3 is 4.74 Å². The molecule has 1 aromatic heterocycles. The molecule has 0 bridgehead atoms. The maximum Gasteiger partial charge on any atom is 0.271 e. The van der Waals surface area contributed by atoms with Crippen LogP contribution in [0, 0.1) is 6.92 Å². The molecule has 0 aliphatic heterocycles. The number of nitrogens with one attached hydrogen (secondary N) is 1. The fourth-order valence-electron chi connectivity index (χ4n) is 1.48. The topological polar surface area (TPSA) is 50.7 Å². The molecule has 98 valence electrons. The zero-order valence-electron chi connectivity index (χ0n) is 10.7. The lowest BCUT2D eigenvalue weighted by atomic mass is 10.2. The molecule has 0 saturated heterocycles. The predicted molar refractivity (Wildman–Crippen MR) is 77.1 cm³/mol. The van der Waals surface area contributed by atoms with Gasteiger partial charge in [-0.2, -0.15) is 5.10 Å². The molecule has 1 amide bonds. The van der Waals surface area contributed by atoms with E-state index in [1.54, 1.807) is 48.9 Å². The van der Waals surface area contributed by atoms with E-state index in [2.05, 4.69) is 10.5 Å². The highest BCUT2D eigenvalue weighted by atomic mass is 32.1. The molecule has 0 unspecified atom stereocenters. The Kier molecular flexibility index (Phi) is 4.30. The third-order valence-corrected chi connectivity index (χ3v) is 3.41. The van der Waals surface area contributed by atoms with Crippen LogP contribution in [0.25, 0.3) is 0 Å². The van der Waals surface area contributed by atoms with E-state index in [0.29, 0.717) is 11.3 Å². The Morgan fingerprint density at radius 1 is 1.26 bits per heavy atom. The number of hydrogen-bond acceptors (Lipinski definition) is 4. The van der Waals surface area contributed by atoms with E-state index in [0.717, 1.165) is 4.88 Å². The summed E-state index contributed by atoms with van der Waals surface area (Å²) in [5.74, 6) is 0.473. The number of ether oxygens (including phenoxy) is 1. The van der Waals surface area contributed by atoms with Gasteiger partial charge in [-0.05, 0) is 43.3 Å². The molecular weight excluding hydrogens is 260 g/mol. The van der Waals surface area contributed by atoms with Gasteiger partial charge in [0.25, 0.3) is 5.91 Å². The van der Waals surface area contributed by atoms with E-state index in [9.17, 15) is 4.79 Å². The molecule has 19 heavy (non-hydrogen) atoms. The lowest BCUT2D eigenvalue weighted by molar-refractivity contribution is 0.0955. The number of rotatable bonds is 4. The van der Waals surface area contributed by atoms with Crippen molar-refractivity contribution in [2.45, 2.75) is 6.92 Å². The lowest BCUT2D eigenvalue weighted by Gasteiger charge is -2.01. The largest absolute Gasteiger partial charge is 0.497 e. The average molecular weight is 274 g/mol. The van der Waals surface area contributed by atoms with Gasteiger partial charge in [0.05, 0.1) is 13.3 Å². The number of aryl methyl sites for hydroxylation is 1. The van der Waals surface area contributed by atoms with E-state index in [1.807, 2.05) is 19.1 Å². The van der Waals surface area contributed by atoms with Crippen molar-refractivity contribution in [2.24, 2.45) is 5.10 Å². The summed E-state index contributed by atoms with van der Waals surface area (Å²) in [6.45, 7) is 2.03. The molecule has 1 heterocycles. The summed E-state index contributed by atoms with van der Waals surface area (Å²) in [7, 11) is 1.59. The first-order chi connectivity index (χ1) is 9.19. The fourth-order valence-corrected chi connectivity index (χ4v) is 2.23. The molecule has 0 saturated carbocycles. The van der Waals surface area contributed by atoms with Crippen LogP contribution in [0.3, 0.4) is 0 Å². The maximum absolute atomic E-state index is 11.8. The Morgan fingerprint density at radius 2 is 2.00 bits per heavy atom. The van der Waals surface area contributed by atoms with Crippen molar-refractivity contribution in [1.82, 2.24) is 5.43 Å². The lowest BCUT2D eigenvalue weighted by Crippen LogP contribution is -2.17. The van der Waals surface area contributed by atoms with Gasteiger partial charge in [-0.3, -0.25) is 4.79 Å². The van der Waals surface area contributed by atoms with Gasteiger partial charge in [-0.25, -0.2) is 5.43 Å². The Morgan fingerprint density at radius 3 is 2.58 bits per heavy atom. The molecule has 4 nitrogen and oxygen atoms in total. The van der Waals surface area contributed by atoms with E-state index < -0.39 is 0 Å². The summed E-state index contributed by atoms with van der Waals surface area (Å²) in [6, 6.07) is 10.8. The SMILES string of the molecule is COc1ccc(C(=O)N/N=C/c2ccc(C)s2)cc1. The quantitative estimate of drug-likeness (QED) is 0.688. The van der Waals surface area contributed by atoms with Gasteiger partial charge in [0.15, 0.2) is 0 Å². The Hall–Kier alpha value is -2.14. The third-order valence-electron chi connectivity index (χ3n) is 2.47. The molecule has 0 spiro atoms. The standard InChI is InChI=1S/C14H14N2O2S/c1-10-3-8-13(19-10)9-15-16-14(17)11-4-6-12(18-2)7-5-11/h3-9H,1-2H3,(H,16,17)/b15-9+. The van der Waals surface area contributed by atoms with Crippen LogP contribution >= 0.6 is 11.3 Å². The van der Waals surface area contributed by atoms with Crippen molar-refractivity contribution in [3.05, 3.63) is 51.7 Å². The maximum atomic E-state index is 11.8. The van der Waals surface area contributed by atoms with Crippen LogP contribution in [-0.4, -0.2) is 19.2 Å². The number of carbonyl (C=O) groups excluding carboxylic acids is 1. The highest BCUT2D eigenvalue weighted by molar-refractivity contribution is 7.13. The third kappa shape index (κ3) is 3.66. The van der Waals surface area contributed by atoms with E-state index >= 15 is 0 Å². The van der Waals surface area contributed by atoms with Crippen molar-refractivity contribution < 1.29 is 9.53 Å². The first-order valence-corrected chi connectivity index (χ1v) is 6.54. The van der Waals surface area contributed by atoms with Crippen LogP contribution in [-0.2, 0) is 0 Å².